The lowest BCUT2D eigenvalue weighted by molar-refractivity contribution is -0.123. The number of hydrogen-bond acceptors (Lipinski definition) is 4. The number of nitrogens with two attached hydrogens (primary N) is 1. The minimum atomic E-state index is -0.560. The molecule has 84 valence electrons. The molecule has 0 aromatic rings. The van der Waals surface area contributed by atoms with Crippen LogP contribution >= 0.6 is 0 Å². The van der Waals surface area contributed by atoms with E-state index in [2.05, 4.69) is 5.32 Å². The summed E-state index contributed by atoms with van der Waals surface area (Å²) in [5, 5.41) is 11.5. The maximum absolute atomic E-state index is 11.4. The largest absolute Gasteiger partial charge is 0.394 e. The van der Waals surface area contributed by atoms with Gasteiger partial charge in [0, 0.05) is 13.7 Å². The molecule has 0 aromatic heterocycles. The van der Waals surface area contributed by atoms with Gasteiger partial charge in [0.05, 0.1) is 18.7 Å². The van der Waals surface area contributed by atoms with E-state index in [1.807, 2.05) is 6.92 Å². The van der Waals surface area contributed by atoms with E-state index >= 15 is 0 Å². The van der Waals surface area contributed by atoms with Crippen molar-refractivity contribution in [2.45, 2.75) is 31.8 Å². The van der Waals surface area contributed by atoms with Crippen LogP contribution in [0, 0.1) is 0 Å². The zero-order valence-corrected chi connectivity index (χ0v) is 8.82. The molecule has 0 aliphatic heterocycles. The van der Waals surface area contributed by atoms with Crippen LogP contribution in [0.15, 0.2) is 0 Å². The van der Waals surface area contributed by atoms with Gasteiger partial charge in [-0.3, -0.25) is 4.79 Å². The Kier molecular flexibility index (Phi) is 7.37. The van der Waals surface area contributed by atoms with E-state index in [-0.39, 0.29) is 18.6 Å². The van der Waals surface area contributed by atoms with Crippen molar-refractivity contribution >= 4 is 5.91 Å². The van der Waals surface area contributed by atoms with E-state index in [1.165, 1.54) is 0 Å². The second-order valence-corrected chi connectivity index (χ2v) is 3.18. The lowest BCUT2D eigenvalue weighted by Gasteiger charge is -2.17. The second kappa shape index (κ2) is 7.73. The first-order valence-corrected chi connectivity index (χ1v) is 4.81. The van der Waals surface area contributed by atoms with Gasteiger partial charge in [0.25, 0.3) is 0 Å². The molecule has 0 radical (unpaired) electrons. The number of carbonyl (C=O) groups excluding carboxylic acids is 1. The summed E-state index contributed by atoms with van der Waals surface area (Å²) in [5.41, 5.74) is 5.59. The minimum Gasteiger partial charge on any atom is -0.394 e. The van der Waals surface area contributed by atoms with Crippen molar-refractivity contribution in [3.63, 3.8) is 0 Å². The molecule has 2 atom stereocenters. The predicted molar refractivity (Wildman–Crippen MR) is 53.8 cm³/mol. The molecule has 0 heterocycles. The molecule has 0 aliphatic carbocycles. The summed E-state index contributed by atoms with van der Waals surface area (Å²) in [6.07, 6.45) is 1.18. The van der Waals surface area contributed by atoms with Crippen LogP contribution in [-0.4, -0.2) is 43.4 Å². The van der Waals surface area contributed by atoms with Gasteiger partial charge in [0.15, 0.2) is 0 Å². The van der Waals surface area contributed by atoms with E-state index in [9.17, 15) is 4.79 Å². The Balaban J connectivity index is 3.81. The third kappa shape index (κ3) is 5.16. The van der Waals surface area contributed by atoms with Gasteiger partial charge in [0.2, 0.25) is 5.91 Å². The highest BCUT2D eigenvalue weighted by molar-refractivity contribution is 5.81. The lowest BCUT2D eigenvalue weighted by Crippen LogP contribution is -2.46. The molecule has 0 aromatic carbocycles. The number of carbonyl (C=O) groups is 1. The van der Waals surface area contributed by atoms with Gasteiger partial charge in [-0.25, -0.2) is 0 Å². The lowest BCUT2D eigenvalue weighted by atomic mass is 10.2. The predicted octanol–water partition coefficient (Wildman–Crippen LogP) is -0.763. The molecule has 0 spiro atoms. The highest BCUT2D eigenvalue weighted by Gasteiger charge is 2.15. The fourth-order valence-electron chi connectivity index (χ4n) is 0.961. The maximum Gasteiger partial charge on any atom is 0.237 e. The zero-order chi connectivity index (χ0) is 11.0. The summed E-state index contributed by atoms with van der Waals surface area (Å²) in [6.45, 7) is 2.30. The fourth-order valence-corrected chi connectivity index (χ4v) is 0.961. The van der Waals surface area contributed by atoms with E-state index in [0.29, 0.717) is 19.4 Å². The van der Waals surface area contributed by atoms with Crippen LogP contribution in [-0.2, 0) is 9.53 Å². The molecule has 0 saturated carbocycles. The molecule has 0 saturated heterocycles. The molecule has 14 heavy (non-hydrogen) atoms. The van der Waals surface area contributed by atoms with Crippen molar-refractivity contribution in [3.8, 4) is 0 Å². The van der Waals surface area contributed by atoms with Gasteiger partial charge in [0.1, 0.15) is 0 Å². The first kappa shape index (κ1) is 13.4. The number of hydrogen-bond donors (Lipinski definition) is 3. The number of ether oxygens (including phenoxy) is 1. The molecule has 0 rings (SSSR count). The first-order chi connectivity index (χ1) is 6.65. The van der Waals surface area contributed by atoms with E-state index in [0.717, 1.165) is 0 Å². The summed E-state index contributed by atoms with van der Waals surface area (Å²) in [6, 6.07) is -0.758. The fraction of sp³-hybridized carbons (Fsp3) is 0.889. The highest BCUT2D eigenvalue weighted by atomic mass is 16.5. The van der Waals surface area contributed by atoms with Crippen LogP contribution in [0.1, 0.15) is 19.8 Å². The summed E-state index contributed by atoms with van der Waals surface area (Å²) in [4.78, 5) is 11.4. The number of nitrogens with one attached hydrogen (secondary N) is 1. The normalized spacial score (nSPS) is 14.9. The van der Waals surface area contributed by atoms with Crippen LogP contribution in [0.3, 0.4) is 0 Å². The first-order valence-electron chi connectivity index (χ1n) is 4.81. The Morgan fingerprint density at radius 2 is 2.29 bits per heavy atom. The van der Waals surface area contributed by atoms with Crippen LogP contribution in [0.4, 0.5) is 0 Å². The van der Waals surface area contributed by atoms with Gasteiger partial charge in [-0.1, -0.05) is 6.92 Å². The molecule has 0 fully saturated rings. The highest BCUT2D eigenvalue weighted by Crippen LogP contribution is 1.93. The van der Waals surface area contributed by atoms with Crippen LogP contribution in [0.5, 0.6) is 0 Å². The average Bonchev–Trinajstić information content (AvgIpc) is 2.21. The molecule has 0 bridgehead atoms. The Labute approximate surface area is 84.6 Å². The average molecular weight is 204 g/mol. The molecule has 1 amide bonds. The third-order valence-corrected chi connectivity index (χ3v) is 2.03. The Bertz CT molecular complexity index is 160. The monoisotopic (exact) mass is 204 g/mol. The summed E-state index contributed by atoms with van der Waals surface area (Å²) < 4.78 is 4.81. The van der Waals surface area contributed by atoms with E-state index in [1.54, 1.807) is 7.11 Å². The number of aliphatic hydroxyl groups is 1. The number of amides is 1. The standard InChI is InChI=1S/C9H20N2O3/c1-3-7(6-12)11-9(13)8(10)4-5-14-2/h7-8,12H,3-6,10H2,1-2H3,(H,11,13)/t7-,8?/m0/s1. The summed E-state index contributed by atoms with van der Waals surface area (Å²) in [7, 11) is 1.56. The molecule has 5 nitrogen and oxygen atoms in total. The van der Waals surface area contributed by atoms with Crippen molar-refractivity contribution in [3.05, 3.63) is 0 Å². The molecule has 5 heteroatoms. The van der Waals surface area contributed by atoms with E-state index < -0.39 is 6.04 Å². The molecule has 0 aliphatic rings. The third-order valence-electron chi connectivity index (χ3n) is 2.03. The Hall–Kier alpha value is -0.650. The van der Waals surface area contributed by atoms with Gasteiger partial charge < -0.3 is 20.9 Å². The van der Waals surface area contributed by atoms with Gasteiger partial charge >= 0.3 is 0 Å². The number of rotatable bonds is 7. The SMILES string of the molecule is CC[C@@H](CO)NC(=O)C(N)CCOC. The van der Waals surface area contributed by atoms with Crippen molar-refractivity contribution in [2.75, 3.05) is 20.3 Å². The maximum atomic E-state index is 11.4. The summed E-state index contributed by atoms with van der Waals surface area (Å²) >= 11 is 0. The van der Waals surface area contributed by atoms with Crippen molar-refractivity contribution in [1.82, 2.24) is 5.32 Å². The number of aliphatic hydroxyl groups excluding tert-OH is 1. The molecule has 1 unspecified atom stereocenters. The van der Waals surface area contributed by atoms with Gasteiger partial charge in [-0.15, -0.1) is 0 Å². The van der Waals surface area contributed by atoms with Crippen molar-refractivity contribution < 1.29 is 14.6 Å². The molecular weight excluding hydrogens is 184 g/mol. The Morgan fingerprint density at radius 1 is 1.64 bits per heavy atom. The van der Waals surface area contributed by atoms with Crippen molar-refractivity contribution in [2.24, 2.45) is 5.73 Å². The second-order valence-electron chi connectivity index (χ2n) is 3.18. The van der Waals surface area contributed by atoms with Crippen LogP contribution in [0.25, 0.3) is 0 Å². The topological polar surface area (TPSA) is 84.6 Å². The van der Waals surface area contributed by atoms with Crippen LogP contribution in [0.2, 0.25) is 0 Å². The zero-order valence-electron chi connectivity index (χ0n) is 8.82. The van der Waals surface area contributed by atoms with E-state index in [4.69, 9.17) is 15.6 Å². The van der Waals surface area contributed by atoms with Gasteiger partial charge in [-0.05, 0) is 12.8 Å². The molecular formula is C9H20N2O3. The van der Waals surface area contributed by atoms with Gasteiger partial charge in [-0.2, -0.15) is 0 Å². The Morgan fingerprint density at radius 3 is 2.71 bits per heavy atom. The molecule has 4 N–H and O–H groups in total. The summed E-state index contributed by atoms with van der Waals surface area (Å²) in [5.74, 6) is -0.233. The quantitative estimate of drug-likeness (QED) is 0.509. The van der Waals surface area contributed by atoms with Crippen molar-refractivity contribution in [1.29, 1.82) is 0 Å². The number of methoxy groups -OCH3 is 1. The minimum absolute atomic E-state index is 0.0563. The van der Waals surface area contributed by atoms with Crippen LogP contribution < -0.4 is 11.1 Å². The smallest absolute Gasteiger partial charge is 0.237 e.